The van der Waals surface area contributed by atoms with Crippen molar-refractivity contribution < 1.29 is 41.6 Å². The van der Waals surface area contributed by atoms with E-state index in [9.17, 15) is 23.4 Å². The van der Waals surface area contributed by atoms with Gasteiger partial charge in [0.1, 0.15) is 12.2 Å². The molecule has 1 aliphatic rings. The third-order valence-corrected chi connectivity index (χ3v) is 9.99. The highest BCUT2D eigenvalue weighted by Crippen LogP contribution is 2.36. The van der Waals surface area contributed by atoms with Crippen molar-refractivity contribution >= 4 is 16.3 Å². The number of hydrogen-bond acceptors (Lipinski definition) is 8. The van der Waals surface area contributed by atoms with Crippen molar-refractivity contribution in [2.45, 2.75) is 136 Å². The number of rotatable bonds is 21. The first-order valence-corrected chi connectivity index (χ1v) is 22.4. The predicted molar refractivity (Wildman–Crippen MR) is 248 cm³/mol. The minimum Gasteiger partial charge on any atom is -0.388 e. The molecule has 8 atom stereocenters. The van der Waals surface area contributed by atoms with Crippen LogP contribution in [0.4, 0.5) is 0 Å². The summed E-state index contributed by atoms with van der Waals surface area (Å²) in [6, 6.07) is -1.14. The third-order valence-electron chi connectivity index (χ3n) is 9.55. The van der Waals surface area contributed by atoms with E-state index >= 15 is 0 Å². The van der Waals surface area contributed by atoms with Crippen LogP contribution in [0.25, 0.3) is 0 Å². The van der Waals surface area contributed by atoms with Gasteiger partial charge in [0.15, 0.2) is 6.29 Å². The summed E-state index contributed by atoms with van der Waals surface area (Å²) in [7, 11) is -4.70. The normalized spacial score (nSPS) is 17.8. The molecule has 11 heteroatoms. The van der Waals surface area contributed by atoms with Gasteiger partial charge in [-0.3, -0.25) is 9.35 Å². The second kappa shape index (κ2) is 36.2. The molecule has 0 bridgehead atoms. The molecule has 64 heavy (non-hydrogen) atoms. The minimum absolute atomic E-state index is 0.0267. The van der Waals surface area contributed by atoms with Crippen molar-refractivity contribution in [3.8, 4) is 142 Å². The van der Waals surface area contributed by atoms with Gasteiger partial charge < -0.3 is 25.0 Å². The van der Waals surface area contributed by atoms with Gasteiger partial charge >= 0.3 is 10.4 Å². The number of aliphatic hydroxyl groups excluding tert-OH is 2. The maximum Gasteiger partial charge on any atom is 0.397 e. The fourth-order valence-corrected chi connectivity index (χ4v) is 6.07. The van der Waals surface area contributed by atoms with Crippen LogP contribution in [-0.2, 0) is 28.9 Å². The highest BCUT2D eigenvalue weighted by Gasteiger charge is 2.41. The molecule has 0 radical (unpaired) electrons. The van der Waals surface area contributed by atoms with Crippen molar-refractivity contribution in [2.75, 3.05) is 13.2 Å². The summed E-state index contributed by atoms with van der Waals surface area (Å²) in [5.74, 6) is 58.5. The van der Waals surface area contributed by atoms with Crippen LogP contribution in [0.2, 0.25) is 0 Å². The van der Waals surface area contributed by atoms with E-state index in [0.29, 0.717) is 0 Å². The van der Waals surface area contributed by atoms with E-state index < -0.39 is 53.6 Å². The second-order valence-electron chi connectivity index (χ2n) is 14.3. The highest BCUT2D eigenvalue weighted by atomic mass is 32.3. The lowest BCUT2D eigenvalue weighted by Gasteiger charge is -2.43. The monoisotopic (exact) mass is 881 g/mol. The van der Waals surface area contributed by atoms with Gasteiger partial charge in [0, 0.05) is 47.4 Å². The Balaban J connectivity index is 2.89. The molecule has 0 aliphatic carbocycles. The molecular weight excluding hydrogens is 827 g/mol. The lowest BCUT2D eigenvalue weighted by molar-refractivity contribution is -0.256. The number of carbonyl (C=O) groups is 1. The molecule has 1 rings (SSSR count). The van der Waals surface area contributed by atoms with Crippen LogP contribution in [0, 0.1) is 160 Å². The van der Waals surface area contributed by atoms with E-state index in [-0.39, 0.29) is 24.4 Å². The number of aliphatic hydroxyl groups is 2. The van der Waals surface area contributed by atoms with Crippen LogP contribution >= 0.6 is 0 Å². The van der Waals surface area contributed by atoms with Crippen LogP contribution in [-0.4, -0.2) is 72.9 Å². The van der Waals surface area contributed by atoms with Gasteiger partial charge in [0.05, 0.1) is 25.4 Å². The molecule has 0 saturated carbocycles. The largest absolute Gasteiger partial charge is 0.397 e. The second-order valence-corrected chi connectivity index (χ2v) is 15.3. The quantitative estimate of drug-likeness (QED) is 0.0562. The fraction of sp³-hybridized carbons (Fsp3) is 0.491. The molecule has 1 saturated heterocycles. The lowest BCUT2D eigenvalue weighted by Crippen LogP contribution is -2.53. The first-order chi connectivity index (χ1) is 30.9. The van der Waals surface area contributed by atoms with Crippen molar-refractivity contribution in [2.24, 2.45) is 17.8 Å². The lowest BCUT2D eigenvalue weighted by atomic mass is 9.79. The fourth-order valence-electron chi connectivity index (χ4n) is 5.76. The number of allylic oxidation sites excluding steroid dienone is 1. The maximum absolute atomic E-state index is 12.8. The van der Waals surface area contributed by atoms with Gasteiger partial charge in [-0.15, -0.1) is 0 Å². The van der Waals surface area contributed by atoms with Crippen molar-refractivity contribution in [1.82, 2.24) is 5.32 Å². The Morgan fingerprint density at radius 1 is 0.656 bits per heavy atom. The first-order valence-electron chi connectivity index (χ1n) is 21.1. The van der Waals surface area contributed by atoms with Gasteiger partial charge in [0.2, 0.25) is 0 Å². The van der Waals surface area contributed by atoms with E-state index in [2.05, 4.69) is 159 Å². The number of unbranched alkanes of at least 4 members (excludes halogenated alkanes) is 10. The smallest absolute Gasteiger partial charge is 0.388 e. The summed E-state index contributed by atoms with van der Waals surface area (Å²) < 4.78 is 48.2. The van der Waals surface area contributed by atoms with Gasteiger partial charge in [-0.25, -0.2) is 4.18 Å². The molecule has 10 nitrogen and oxygen atoms in total. The Morgan fingerprint density at radius 2 is 1.09 bits per heavy atom. The Morgan fingerprint density at radius 3 is 1.55 bits per heavy atom. The molecule has 0 aromatic carbocycles. The third kappa shape index (κ3) is 29.0. The molecule has 2 unspecified atom stereocenters. The Hall–Kier alpha value is -6.36. The predicted octanol–water partition coefficient (Wildman–Crippen LogP) is 4.59. The molecule has 0 aromatic heterocycles. The van der Waals surface area contributed by atoms with Crippen molar-refractivity contribution in [1.29, 1.82) is 0 Å². The van der Waals surface area contributed by atoms with Gasteiger partial charge in [-0.1, -0.05) is 104 Å². The zero-order valence-electron chi connectivity index (χ0n) is 37.2. The van der Waals surface area contributed by atoms with Crippen molar-refractivity contribution in [3.05, 3.63) is 12.2 Å². The van der Waals surface area contributed by atoms with Crippen LogP contribution in [0.1, 0.15) is 105 Å². The summed E-state index contributed by atoms with van der Waals surface area (Å²) in [5.41, 5.74) is 0. The zero-order chi connectivity index (χ0) is 47.1. The van der Waals surface area contributed by atoms with Gasteiger partial charge in [-0.2, -0.15) is 8.42 Å². The SMILES string of the molecule is CC#CC#CC#CC#CC#CC#CC#CC#CC#CC#CC#CC#CC(=O)N[C@@H](CO[C@H]1OC(COS(=O)(=O)O)[C@H](C)[C@H](C)C1C)[C@H](O)[C@H](O)C=CCCCCCCCCCCCC. The number of carbonyl (C=O) groups excluding carboxylic acids is 1. The van der Waals surface area contributed by atoms with E-state index in [4.69, 9.17) is 14.0 Å². The molecule has 0 aromatic rings. The van der Waals surface area contributed by atoms with Gasteiger partial charge in [-0.05, 0) is 126 Å². The average molecular weight is 882 g/mol. The van der Waals surface area contributed by atoms with Crippen molar-refractivity contribution in [3.63, 3.8) is 0 Å². The number of hydrogen-bond donors (Lipinski definition) is 4. The molecule has 4 N–H and O–H groups in total. The topological polar surface area (TPSA) is 152 Å². The molecule has 0 spiro atoms. The molecule has 1 aliphatic heterocycles. The first kappa shape index (κ1) is 55.7. The summed E-state index contributed by atoms with van der Waals surface area (Å²) >= 11 is 0. The molecule has 332 valence electrons. The van der Waals surface area contributed by atoms with E-state index in [1.165, 1.54) is 51.0 Å². The average Bonchev–Trinajstić information content (AvgIpc) is 3.27. The summed E-state index contributed by atoms with van der Waals surface area (Å²) in [5, 5.41) is 24.6. The highest BCUT2D eigenvalue weighted by molar-refractivity contribution is 7.80. The molecule has 1 heterocycles. The van der Waals surface area contributed by atoms with Crippen LogP contribution in [0.15, 0.2) is 12.2 Å². The summed E-state index contributed by atoms with van der Waals surface area (Å²) in [6.07, 6.45) is 11.6. The summed E-state index contributed by atoms with van der Waals surface area (Å²) in [4.78, 5) is 12.8. The number of ether oxygens (including phenoxy) is 2. The van der Waals surface area contributed by atoms with E-state index in [0.717, 1.165) is 25.7 Å². The molecule has 1 fully saturated rings. The number of amides is 1. The standard InChI is InChI=1S/C53H55NO9S/c1-6-8-10-12-14-16-18-20-21-22-23-24-25-26-27-28-29-30-32-34-36-38-40-42-51(56)54-48(43-61-53-47(5)45(3)46(4)50(63-53)44-62-64(58,59)60)52(57)49(55)41-39-37-35-33-31-19-17-15-13-11-9-7-2/h39,41,45-50,52-53,55,57H,7,9,11,13,15,17,19,31,33,35,37,43-44H2,1-5H3,(H,54,56)(H,58,59,60)/t45-,46+,47?,48-,49+,50?,52-,53-/m0/s1. The maximum atomic E-state index is 12.8. The molecular formula is C53H55NO9S. The van der Waals surface area contributed by atoms with Crippen LogP contribution in [0.3, 0.4) is 0 Å². The zero-order valence-corrected chi connectivity index (χ0v) is 38.0. The Labute approximate surface area is 382 Å². The van der Waals surface area contributed by atoms with Crippen LogP contribution < -0.4 is 5.32 Å². The minimum atomic E-state index is -4.70. The van der Waals surface area contributed by atoms with E-state index in [1.54, 1.807) is 6.92 Å². The Bertz CT molecular complexity index is 2450. The summed E-state index contributed by atoms with van der Waals surface area (Å²) in [6.45, 7) is 8.86. The van der Waals surface area contributed by atoms with Crippen LogP contribution in [0.5, 0.6) is 0 Å². The van der Waals surface area contributed by atoms with E-state index in [1.807, 2.05) is 26.8 Å². The van der Waals surface area contributed by atoms with Gasteiger partial charge in [0.25, 0.3) is 5.91 Å². The molecule has 1 amide bonds. The Kier molecular flexibility index (Phi) is 31.4. The number of nitrogens with one attached hydrogen (secondary N) is 1.